The van der Waals surface area contributed by atoms with Gasteiger partial charge in [0.1, 0.15) is 21.8 Å². The van der Waals surface area contributed by atoms with E-state index in [-0.39, 0.29) is 10.9 Å². The molecule has 0 atom stereocenters. The van der Waals surface area contributed by atoms with Crippen molar-refractivity contribution in [2.24, 2.45) is 0 Å². The van der Waals surface area contributed by atoms with Gasteiger partial charge in [-0.05, 0) is 69.3 Å². The molecule has 0 unspecified atom stereocenters. The minimum Gasteiger partial charge on any atom is -0.744 e. The Morgan fingerprint density at radius 2 is 0.971 bits per heavy atom. The Morgan fingerprint density at radius 3 is 1.26 bits per heavy atom. The van der Waals surface area contributed by atoms with Crippen molar-refractivity contribution in [3.05, 3.63) is 119 Å². The topological polar surface area (TPSA) is 57.2 Å². The molecule has 0 saturated heterocycles. The van der Waals surface area contributed by atoms with E-state index in [1.807, 2.05) is 0 Å². The van der Waals surface area contributed by atoms with Gasteiger partial charge in [0.05, 0.1) is 15.8 Å². The summed E-state index contributed by atoms with van der Waals surface area (Å²) in [5.74, 6) is -2.30. The van der Waals surface area contributed by atoms with Crippen LogP contribution in [-0.4, -0.2) is 13.0 Å². The molecule has 0 radical (unpaired) electrons. The van der Waals surface area contributed by atoms with E-state index >= 15 is 0 Å². The van der Waals surface area contributed by atoms with Crippen molar-refractivity contribution in [2.45, 2.75) is 40.4 Å². The smallest absolute Gasteiger partial charge is 0.166 e. The van der Waals surface area contributed by atoms with Crippen LogP contribution in [0.25, 0.3) is 0 Å². The van der Waals surface area contributed by atoms with E-state index in [0.29, 0.717) is 18.2 Å². The normalized spacial score (nSPS) is 11.1. The molecule has 4 rings (SSSR count). The second kappa shape index (κ2) is 11.0. The maximum atomic E-state index is 12.5. The van der Waals surface area contributed by atoms with E-state index in [9.17, 15) is 21.8 Å². The van der Waals surface area contributed by atoms with Crippen LogP contribution in [0.1, 0.15) is 16.7 Å². The van der Waals surface area contributed by atoms with Crippen molar-refractivity contribution in [3.63, 3.8) is 0 Å². The van der Waals surface area contributed by atoms with Crippen LogP contribution in [0.3, 0.4) is 0 Å². The van der Waals surface area contributed by atoms with E-state index in [1.165, 1.54) is 31.4 Å². The summed E-state index contributed by atoms with van der Waals surface area (Å²) in [6, 6.07) is 28.4. The lowest BCUT2D eigenvalue weighted by atomic mass is 10.2. The molecule has 176 valence electrons. The summed E-state index contributed by atoms with van der Waals surface area (Å²) < 4.78 is 55.5. The third-order valence-corrected chi connectivity index (χ3v) is 8.03. The van der Waals surface area contributed by atoms with Crippen LogP contribution >= 0.6 is 0 Å². The van der Waals surface area contributed by atoms with Crippen molar-refractivity contribution in [1.82, 2.24) is 0 Å². The van der Waals surface area contributed by atoms with Gasteiger partial charge in [0, 0.05) is 6.07 Å². The van der Waals surface area contributed by atoms with Gasteiger partial charge >= 0.3 is 0 Å². The third kappa shape index (κ3) is 6.76. The molecule has 0 N–H and O–H groups in total. The summed E-state index contributed by atoms with van der Waals surface area (Å²) in [5, 5.41) is 0. The molecule has 0 aromatic heterocycles. The fourth-order valence-corrected chi connectivity index (χ4v) is 5.68. The summed E-state index contributed by atoms with van der Waals surface area (Å²) in [4.78, 5) is 3.08. The Kier molecular flexibility index (Phi) is 8.25. The molecule has 3 nitrogen and oxygen atoms in total. The second-order valence-corrected chi connectivity index (χ2v) is 11.1. The van der Waals surface area contributed by atoms with Gasteiger partial charge in [-0.3, -0.25) is 0 Å². The van der Waals surface area contributed by atoms with E-state index in [4.69, 9.17) is 0 Å². The van der Waals surface area contributed by atoms with E-state index in [1.54, 1.807) is 0 Å². The molecule has 0 aliphatic carbocycles. The number of hydrogen-bond donors (Lipinski definition) is 0. The van der Waals surface area contributed by atoms with Gasteiger partial charge < -0.3 is 4.55 Å². The molecule has 0 saturated carbocycles. The van der Waals surface area contributed by atoms with Gasteiger partial charge in [-0.15, -0.1) is 0 Å². The molecule has 0 heterocycles. The zero-order valence-corrected chi connectivity index (χ0v) is 20.6. The summed E-state index contributed by atoms with van der Waals surface area (Å²) in [7, 11) is -4.88. The Balaban J connectivity index is 0.000000229. The SMILES string of the molecule is Cc1ccc([S+](c2ccc(C)cc2)c2ccc(C)cc2)cc1.O=S(=O)([O-])c1ccc(F)cc1F. The van der Waals surface area contributed by atoms with Crippen LogP contribution in [0.2, 0.25) is 0 Å². The molecule has 4 aromatic rings. The van der Waals surface area contributed by atoms with Gasteiger partial charge in [-0.1, -0.05) is 53.1 Å². The van der Waals surface area contributed by atoms with Crippen LogP contribution in [0, 0.1) is 32.4 Å². The van der Waals surface area contributed by atoms with Gasteiger partial charge in [0.25, 0.3) is 0 Å². The lowest BCUT2D eigenvalue weighted by molar-refractivity contribution is 0.453. The molecular formula is C27H24F2O3S2. The summed E-state index contributed by atoms with van der Waals surface area (Å²) >= 11 is 0. The first-order valence-electron chi connectivity index (χ1n) is 10.4. The molecular weight excluding hydrogens is 474 g/mol. The van der Waals surface area contributed by atoms with E-state index in [2.05, 4.69) is 93.6 Å². The number of benzene rings is 4. The average molecular weight is 499 g/mol. The van der Waals surface area contributed by atoms with Crippen LogP contribution in [0.4, 0.5) is 8.78 Å². The van der Waals surface area contributed by atoms with Crippen LogP contribution < -0.4 is 0 Å². The van der Waals surface area contributed by atoms with Crippen molar-refractivity contribution < 1.29 is 21.8 Å². The molecule has 0 amide bonds. The fourth-order valence-electron chi connectivity index (χ4n) is 3.11. The number of aryl methyl sites for hydroxylation is 3. The zero-order chi connectivity index (χ0) is 24.9. The van der Waals surface area contributed by atoms with Gasteiger partial charge in [-0.2, -0.15) is 0 Å². The Morgan fingerprint density at radius 1 is 0.618 bits per heavy atom. The molecule has 7 heteroatoms. The van der Waals surface area contributed by atoms with Crippen LogP contribution in [0.5, 0.6) is 0 Å². The lowest BCUT2D eigenvalue weighted by Crippen LogP contribution is -2.04. The Labute approximate surface area is 202 Å². The summed E-state index contributed by atoms with van der Waals surface area (Å²) in [5.41, 5.74) is 3.92. The minimum absolute atomic E-state index is 0.0394. The van der Waals surface area contributed by atoms with E-state index in [0.717, 1.165) is 0 Å². The Hall–Kier alpha value is -3.00. The average Bonchev–Trinajstić information content (AvgIpc) is 2.77. The molecule has 4 aromatic carbocycles. The molecule has 34 heavy (non-hydrogen) atoms. The quantitative estimate of drug-likeness (QED) is 0.236. The second-order valence-electron chi connectivity index (χ2n) is 7.77. The maximum Gasteiger partial charge on any atom is 0.166 e. The largest absolute Gasteiger partial charge is 0.744 e. The predicted octanol–water partition coefficient (Wildman–Crippen LogP) is 6.58. The zero-order valence-electron chi connectivity index (χ0n) is 19.0. The molecule has 0 aliphatic heterocycles. The minimum atomic E-state index is -4.84. The van der Waals surface area contributed by atoms with Crippen LogP contribution in [0.15, 0.2) is 111 Å². The molecule has 0 spiro atoms. The van der Waals surface area contributed by atoms with Crippen molar-refractivity contribution in [1.29, 1.82) is 0 Å². The first kappa shape index (κ1) is 25.6. The summed E-state index contributed by atoms with van der Waals surface area (Å²) in [6.07, 6.45) is 0. The number of hydrogen-bond acceptors (Lipinski definition) is 3. The van der Waals surface area contributed by atoms with Crippen molar-refractivity contribution >= 4 is 21.0 Å². The molecule has 0 aliphatic rings. The Bertz CT molecular complexity index is 1240. The van der Waals surface area contributed by atoms with Gasteiger partial charge in [-0.25, -0.2) is 17.2 Å². The van der Waals surface area contributed by atoms with Gasteiger partial charge in [0.15, 0.2) is 14.7 Å². The monoisotopic (exact) mass is 498 g/mol. The number of halogens is 2. The first-order chi connectivity index (χ1) is 16.0. The van der Waals surface area contributed by atoms with Crippen molar-refractivity contribution in [2.75, 3.05) is 0 Å². The highest BCUT2D eigenvalue weighted by molar-refractivity contribution is 7.97. The highest BCUT2D eigenvalue weighted by atomic mass is 32.2. The standard InChI is InChI=1S/C21H21S.C6H4F2O3S/c1-16-4-10-19(11-5-16)22(20-12-6-17(2)7-13-20)21-14-8-18(3)9-15-21;7-4-1-2-6(5(8)3-4)12(9,10)11/h4-15H,1-3H3;1-3H,(H,9,10,11)/q+1;/p-1. The maximum absolute atomic E-state index is 12.5. The lowest BCUT2D eigenvalue weighted by Gasteiger charge is -2.09. The molecule has 0 fully saturated rings. The number of rotatable bonds is 4. The fraction of sp³-hybridized carbons (Fsp3) is 0.111. The van der Waals surface area contributed by atoms with Crippen LogP contribution in [-0.2, 0) is 21.0 Å². The third-order valence-electron chi connectivity index (χ3n) is 4.93. The summed E-state index contributed by atoms with van der Waals surface area (Å²) in [6.45, 7) is 6.42. The highest BCUT2D eigenvalue weighted by Gasteiger charge is 2.28. The van der Waals surface area contributed by atoms with Crippen molar-refractivity contribution in [3.8, 4) is 0 Å². The first-order valence-corrected chi connectivity index (χ1v) is 13.0. The van der Waals surface area contributed by atoms with Gasteiger partial charge in [0.2, 0.25) is 0 Å². The molecule has 0 bridgehead atoms. The van der Waals surface area contributed by atoms with E-state index < -0.39 is 26.6 Å². The highest BCUT2D eigenvalue weighted by Crippen LogP contribution is 2.31. The predicted molar refractivity (Wildman–Crippen MR) is 130 cm³/mol.